The molecule has 2 heterocycles. The highest BCUT2D eigenvalue weighted by Crippen LogP contribution is 2.39. The third kappa shape index (κ3) is 2.39. The average molecular weight is 308 g/mol. The van der Waals surface area contributed by atoms with Crippen LogP contribution in [0.1, 0.15) is 28.4 Å². The lowest BCUT2D eigenvalue weighted by atomic mass is 9.73. The lowest BCUT2D eigenvalue weighted by molar-refractivity contribution is 0.0304. The van der Waals surface area contributed by atoms with Gasteiger partial charge in [-0.2, -0.15) is 0 Å². The Kier molecular flexibility index (Phi) is 3.35. The quantitative estimate of drug-likeness (QED) is 0.779. The molecule has 5 heteroatoms. The minimum atomic E-state index is -0.510. The van der Waals surface area contributed by atoms with Crippen LogP contribution in [0.15, 0.2) is 59.3 Å². The number of hydrogen-bond donors (Lipinski definition) is 2. The molecule has 0 spiro atoms. The van der Waals surface area contributed by atoms with E-state index in [1.807, 2.05) is 24.3 Å². The molecule has 2 aromatic heterocycles. The molecule has 116 valence electrons. The number of aromatic nitrogens is 1. The van der Waals surface area contributed by atoms with E-state index in [1.165, 1.54) is 0 Å². The van der Waals surface area contributed by atoms with E-state index in [-0.39, 0.29) is 17.9 Å². The topological polar surface area (TPSA) is 75.4 Å². The van der Waals surface area contributed by atoms with Gasteiger partial charge < -0.3 is 14.8 Å². The second-order valence-electron chi connectivity index (χ2n) is 5.80. The van der Waals surface area contributed by atoms with E-state index in [4.69, 9.17) is 4.42 Å². The Morgan fingerprint density at radius 2 is 2.04 bits per heavy atom. The largest absolute Gasteiger partial charge is 0.464 e. The Labute approximate surface area is 133 Å². The normalized spacial score (nSPS) is 23.4. The summed E-state index contributed by atoms with van der Waals surface area (Å²) >= 11 is 0. The molecule has 1 saturated carbocycles. The summed E-state index contributed by atoms with van der Waals surface area (Å²) < 4.78 is 5.39. The number of amides is 1. The number of aliphatic hydroxyl groups is 1. The summed E-state index contributed by atoms with van der Waals surface area (Å²) in [5.74, 6) is -0.351. The molecule has 0 aliphatic heterocycles. The predicted octanol–water partition coefficient (Wildman–Crippen LogP) is 2.47. The first kappa shape index (κ1) is 14.0. The van der Waals surface area contributed by atoms with E-state index in [9.17, 15) is 9.90 Å². The first-order chi connectivity index (χ1) is 11.2. The zero-order chi connectivity index (χ0) is 15.8. The van der Waals surface area contributed by atoms with E-state index >= 15 is 0 Å². The van der Waals surface area contributed by atoms with E-state index in [1.54, 1.807) is 30.7 Å². The first-order valence-electron chi connectivity index (χ1n) is 7.60. The highest BCUT2D eigenvalue weighted by atomic mass is 16.3. The van der Waals surface area contributed by atoms with E-state index < -0.39 is 6.10 Å². The maximum atomic E-state index is 12.3. The predicted molar refractivity (Wildman–Crippen MR) is 85.1 cm³/mol. The fraction of sp³-hybridized carbons (Fsp3) is 0.222. The van der Waals surface area contributed by atoms with Gasteiger partial charge in [0, 0.05) is 29.1 Å². The van der Waals surface area contributed by atoms with Crippen molar-refractivity contribution < 1.29 is 14.3 Å². The number of fused-ring (bicyclic) bond motifs is 1. The molecule has 4 rings (SSSR count). The van der Waals surface area contributed by atoms with Gasteiger partial charge >= 0.3 is 0 Å². The van der Waals surface area contributed by atoms with Crippen molar-refractivity contribution in [1.82, 2.24) is 10.3 Å². The molecular weight excluding hydrogens is 292 g/mol. The van der Waals surface area contributed by atoms with Gasteiger partial charge in [0.25, 0.3) is 5.91 Å². The number of carbonyl (C=O) groups excluding carboxylic acids is 1. The summed E-state index contributed by atoms with van der Waals surface area (Å²) in [6.45, 7) is 0. The van der Waals surface area contributed by atoms with E-state index in [2.05, 4.69) is 10.3 Å². The van der Waals surface area contributed by atoms with Crippen LogP contribution >= 0.6 is 0 Å². The van der Waals surface area contributed by atoms with Crippen molar-refractivity contribution in [2.75, 3.05) is 0 Å². The number of nitrogens with zero attached hydrogens (tertiary/aromatic N) is 1. The van der Waals surface area contributed by atoms with Crippen LogP contribution in [-0.4, -0.2) is 28.1 Å². The van der Waals surface area contributed by atoms with Gasteiger partial charge in [-0.1, -0.05) is 18.2 Å². The summed E-state index contributed by atoms with van der Waals surface area (Å²) in [5, 5.41) is 14.1. The fourth-order valence-corrected chi connectivity index (χ4v) is 3.17. The number of rotatable bonds is 3. The van der Waals surface area contributed by atoms with Crippen LogP contribution in [0.4, 0.5) is 0 Å². The van der Waals surface area contributed by atoms with E-state index in [0.717, 1.165) is 16.7 Å². The minimum absolute atomic E-state index is 0.133. The Hall–Kier alpha value is -2.66. The number of aliphatic hydroxyl groups excluding tert-OH is 1. The smallest absolute Gasteiger partial charge is 0.251 e. The molecule has 1 aliphatic rings. The minimum Gasteiger partial charge on any atom is -0.464 e. The maximum Gasteiger partial charge on any atom is 0.251 e. The van der Waals surface area contributed by atoms with E-state index in [0.29, 0.717) is 12.0 Å². The van der Waals surface area contributed by atoms with Crippen LogP contribution in [0.3, 0.4) is 0 Å². The fourth-order valence-electron chi connectivity index (χ4n) is 3.17. The molecule has 3 unspecified atom stereocenters. The van der Waals surface area contributed by atoms with Gasteiger partial charge in [0.2, 0.25) is 0 Å². The summed E-state index contributed by atoms with van der Waals surface area (Å²) in [6, 6.07) is 12.6. The number of furan rings is 1. The van der Waals surface area contributed by atoms with Gasteiger partial charge in [-0.25, -0.2) is 0 Å². The maximum absolute atomic E-state index is 12.3. The molecule has 0 saturated heterocycles. The number of hydrogen-bond acceptors (Lipinski definition) is 4. The second kappa shape index (κ2) is 5.52. The van der Waals surface area contributed by atoms with Crippen molar-refractivity contribution in [2.24, 2.45) is 0 Å². The van der Waals surface area contributed by atoms with Crippen LogP contribution in [0.25, 0.3) is 11.0 Å². The molecule has 5 nitrogen and oxygen atoms in total. The van der Waals surface area contributed by atoms with Crippen LogP contribution in [-0.2, 0) is 0 Å². The summed E-state index contributed by atoms with van der Waals surface area (Å²) in [4.78, 5) is 16.7. The van der Waals surface area contributed by atoms with Crippen molar-refractivity contribution in [3.63, 3.8) is 0 Å². The third-order valence-corrected chi connectivity index (χ3v) is 4.42. The number of carbonyl (C=O) groups is 1. The number of benzene rings is 1. The number of pyridine rings is 1. The molecule has 0 bridgehead atoms. The standard InChI is InChI=1S/C18H16N2O3/c21-14-10-13(20-18(22)11-4-2-1-3-5-11)16(14)17-12-7-9-23-15(12)6-8-19-17/h1-9,13-14,16,21H,10H2,(H,20,22). The number of nitrogens with one attached hydrogen (secondary N) is 1. The van der Waals surface area contributed by atoms with Crippen LogP contribution in [0, 0.1) is 0 Å². The van der Waals surface area contributed by atoms with Gasteiger partial charge in [0.05, 0.1) is 18.1 Å². The molecule has 2 N–H and O–H groups in total. The van der Waals surface area contributed by atoms with Gasteiger partial charge in [0.1, 0.15) is 5.58 Å². The average Bonchev–Trinajstić information content (AvgIpc) is 3.04. The van der Waals surface area contributed by atoms with Crippen LogP contribution in [0.2, 0.25) is 0 Å². The molecular formula is C18H16N2O3. The highest BCUT2D eigenvalue weighted by Gasteiger charge is 2.43. The molecule has 3 aromatic rings. The van der Waals surface area contributed by atoms with Crippen LogP contribution in [0.5, 0.6) is 0 Å². The lowest BCUT2D eigenvalue weighted by Gasteiger charge is -2.41. The molecule has 1 fully saturated rings. The SMILES string of the molecule is O=C(NC1CC(O)C1c1nccc2occc12)c1ccccc1. The van der Waals surface area contributed by atoms with Crippen molar-refractivity contribution in [1.29, 1.82) is 0 Å². The van der Waals surface area contributed by atoms with Crippen molar-refractivity contribution >= 4 is 16.9 Å². The Bertz CT molecular complexity index is 844. The van der Waals surface area contributed by atoms with Crippen molar-refractivity contribution in [2.45, 2.75) is 24.5 Å². The van der Waals surface area contributed by atoms with Gasteiger partial charge in [-0.3, -0.25) is 9.78 Å². The summed E-state index contributed by atoms with van der Waals surface area (Å²) in [5.41, 5.74) is 2.12. The molecule has 0 radical (unpaired) electrons. The molecule has 1 aromatic carbocycles. The van der Waals surface area contributed by atoms with Crippen molar-refractivity contribution in [3.05, 3.63) is 66.2 Å². The van der Waals surface area contributed by atoms with Gasteiger partial charge in [0.15, 0.2) is 0 Å². The molecule has 1 aliphatic carbocycles. The summed E-state index contributed by atoms with van der Waals surface area (Å²) in [6.07, 6.45) is 3.30. The Morgan fingerprint density at radius 1 is 1.22 bits per heavy atom. The first-order valence-corrected chi connectivity index (χ1v) is 7.60. The Balaban J connectivity index is 1.59. The zero-order valence-electron chi connectivity index (χ0n) is 12.3. The lowest BCUT2D eigenvalue weighted by Crippen LogP contribution is -2.54. The van der Waals surface area contributed by atoms with Crippen LogP contribution < -0.4 is 5.32 Å². The second-order valence-corrected chi connectivity index (χ2v) is 5.80. The molecule has 3 atom stereocenters. The van der Waals surface area contributed by atoms with Crippen molar-refractivity contribution in [3.8, 4) is 0 Å². The highest BCUT2D eigenvalue weighted by molar-refractivity contribution is 5.94. The monoisotopic (exact) mass is 308 g/mol. The zero-order valence-corrected chi connectivity index (χ0v) is 12.3. The third-order valence-electron chi connectivity index (χ3n) is 4.42. The van der Waals surface area contributed by atoms with Gasteiger partial charge in [-0.05, 0) is 30.7 Å². The van der Waals surface area contributed by atoms with Gasteiger partial charge in [-0.15, -0.1) is 0 Å². The molecule has 1 amide bonds. The summed E-state index contributed by atoms with van der Waals surface area (Å²) in [7, 11) is 0. The Morgan fingerprint density at radius 3 is 2.83 bits per heavy atom. The molecule has 23 heavy (non-hydrogen) atoms.